The number of hydrogen-bond donors (Lipinski definition) is 2. The molecule has 4 aromatic carbocycles. The molecule has 2 aliphatic carbocycles. The Morgan fingerprint density at radius 3 is 1.20 bits per heavy atom. The summed E-state index contributed by atoms with van der Waals surface area (Å²) in [7, 11) is -13.8. The molecular weight excluding hydrogens is 807 g/mol. The minimum atomic E-state index is -4.60. The van der Waals surface area contributed by atoms with E-state index in [9.17, 15) is 53.0 Å². The van der Waals surface area contributed by atoms with E-state index in [1.165, 1.54) is 72.8 Å². The van der Waals surface area contributed by atoms with Gasteiger partial charge in [0, 0.05) is 23.6 Å². The Bertz CT molecular complexity index is 2670. The van der Waals surface area contributed by atoms with E-state index in [0.29, 0.717) is 32.9 Å². The minimum Gasteiger partial charge on any atom is -0.744 e. The van der Waals surface area contributed by atoms with E-state index in [1.54, 1.807) is 12.2 Å². The summed E-state index contributed by atoms with van der Waals surface area (Å²) in [4.78, 5) is -0.318. The predicted molar refractivity (Wildman–Crippen MR) is 188 cm³/mol. The van der Waals surface area contributed by atoms with Crippen LogP contribution in [0.3, 0.4) is 0 Å². The van der Waals surface area contributed by atoms with Crippen LogP contribution >= 0.6 is 0 Å². The standard InChI is InChI=1S/2C16H12N2O6S2.2Na/c2*19-15-8-1-10-9-13(26(22,23)24)6-7-14(10)16(15)18-17-11-2-4-12(5-3-11)25(20)21;;/h2*1-4,6-9,19H,5H2,(H,22,23,24);;/q;;2*+1/p-2. The van der Waals surface area contributed by atoms with Crippen LogP contribution in [0.4, 0.5) is 11.4 Å². The first kappa shape index (κ1) is 44.8. The van der Waals surface area contributed by atoms with Gasteiger partial charge in [0.15, 0.2) is 0 Å². The maximum absolute atomic E-state index is 11.1. The van der Waals surface area contributed by atoms with Gasteiger partial charge < -0.3 is 19.3 Å². The van der Waals surface area contributed by atoms with Crippen LogP contribution < -0.4 is 59.1 Å². The molecule has 16 nitrogen and oxygen atoms in total. The molecule has 0 fully saturated rings. The Labute approximate surface area is 355 Å². The van der Waals surface area contributed by atoms with Crippen molar-refractivity contribution in [2.24, 2.45) is 20.5 Å². The van der Waals surface area contributed by atoms with Crippen molar-refractivity contribution in [1.82, 2.24) is 0 Å². The van der Waals surface area contributed by atoms with E-state index in [4.69, 9.17) is 0 Å². The average molecular weight is 829 g/mol. The Balaban J connectivity index is 0.000000280. The maximum atomic E-state index is 11.1. The van der Waals surface area contributed by atoms with E-state index in [2.05, 4.69) is 20.5 Å². The van der Waals surface area contributed by atoms with E-state index in [-0.39, 0.29) is 114 Å². The van der Waals surface area contributed by atoms with Crippen molar-refractivity contribution < 1.29 is 112 Å². The fourth-order valence-electron chi connectivity index (χ4n) is 4.73. The van der Waals surface area contributed by atoms with Crippen LogP contribution in [0.25, 0.3) is 21.5 Å². The molecule has 0 saturated carbocycles. The van der Waals surface area contributed by atoms with Gasteiger partial charge in [-0.3, -0.25) is 0 Å². The molecule has 2 aliphatic rings. The van der Waals surface area contributed by atoms with Crippen molar-refractivity contribution in [1.29, 1.82) is 0 Å². The summed E-state index contributed by atoms with van der Waals surface area (Å²) in [5.74, 6) is -0.348. The van der Waals surface area contributed by atoms with Gasteiger partial charge in [0.25, 0.3) is 0 Å². The molecule has 0 atom stereocenters. The second-order valence-electron chi connectivity index (χ2n) is 10.7. The topological polar surface area (TPSA) is 273 Å². The molecule has 0 bridgehead atoms. The van der Waals surface area contributed by atoms with Gasteiger partial charge >= 0.3 is 59.1 Å². The van der Waals surface area contributed by atoms with E-state index in [0.717, 1.165) is 12.1 Å². The molecule has 54 heavy (non-hydrogen) atoms. The molecule has 0 amide bonds. The monoisotopic (exact) mass is 828 g/mol. The number of fused-ring (bicyclic) bond motifs is 2. The molecule has 2 N–H and O–H groups in total. The number of nitrogens with zero attached hydrogens (tertiary/aromatic N) is 4. The number of hydrogen-bond acceptors (Lipinski definition) is 16. The predicted octanol–water partition coefficient (Wildman–Crippen LogP) is -1.13. The van der Waals surface area contributed by atoms with E-state index < -0.39 is 40.8 Å². The molecule has 0 radical (unpaired) electrons. The zero-order valence-electron chi connectivity index (χ0n) is 28.1. The number of phenolic OH excluding ortho intramolecular Hbond substituents is 2. The molecule has 0 heterocycles. The van der Waals surface area contributed by atoms with Crippen LogP contribution in [0.5, 0.6) is 11.5 Å². The first-order chi connectivity index (χ1) is 24.5. The van der Waals surface area contributed by atoms with Gasteiger partial charge in [-0.15, -0.1) is 10.2 Å². The van der Waals surface area contributed by atoms with Crippen molar-refractivity contribution in [2.45, 2.75) is 22.6 Å². The van der Waals surface area contributed by atoms with Crippen LogP contribution in [-0.4, -0.2) is 62.7 Å². The summed E-state index contributed by atoms with van der Waals surface area (Å²) in [6.45, 7) is 0. The molecule has 4 aromatic rings. The normalized spacial score (nSPS) is 14.3. The van der Waals surface area contributed by atoms with Crippen molar-refractivity contribution in [3.8, 4) is 11.5 Å². The van der Waals surface area contributed by atoms with Crippen LogP contribution in [0, 0.1) is 0 Å². The van der Waals surface area contributed by atoms with Gasteiger partial charge in [0.05, 0.1) is 30.9 Å². The summed E-state index contributed by atoms with van der Waals surface area (Å²) in [5, 5.41) is 37.6. The van der Waals surface area contributed by atoms with Gasteiger partial charge in [0.2, 0.25) is 20.6 Å². The third-order valence-electron chi connectivity index (χ3n) is 7.32. The molecule has 0 spiro atoms. The fraction of sp³-hybridized carbons (Fsp3) is 0.0625. The molecule has 0 aromatic heterocycles. The van der Waals surface area contributed by atoms with Crippen LogP contribution in [0.2, 0.25) is 0 Å². The van der Waals surface area contributed by atoms with Gasteiger partial charge in [-0.25, -0.2) is 16.8 Å². The Hall–Kier alpha value is -3.64. The summed E-state index contributed by atoms with van der Waals surface area (Å²) in [5.41, 5.74) is 1.03. The Morgan fingerprint density at radius 1 is 0.537 bits per heavy atom. The van der Waals surface area contributed by atoms with Crippen LogP contribution in [-0.2, 0) is 40.8 Å². The van der Waals surface area contributed by atoms with E-state index in [1.807, 2.05) is 0 Å². The van der Waals surface area contributed by atoms with Crippen LogP contribution in [0.1, 0.15) is 12.8 Å². The van der Waals surface area contributed by atoms with Crippen molar-refractivity contribution >= 4 is 83.5 Å². The summed E-state index contributed by atoms with van der Waals surface area (Å²) >= 11 is 0. The van der Waals surface area contributed by atoms with Gasteiger partial charge in [0.1, 0.15) is 43.1 Å². The fourth-order valence-corrected chi connectivity index (χ4v) is 6.54. The summed E-state index contributed by atoms with van der Waals surface area (Å²) < 4.78 is 110. The quantitative estimate of drug-likeness (QED) is 0.101. The van der Waals surface area contributed by atoms with Gasteiger partial charge in [-0.05, 0) is 71.5 Å². The first-order valence-electron chi connectivity index (χ1n) is 14.4. The average Bonchev–Trinajstić information content (AvgIpc) is 3.10. The molecule has 268 valence electrons. The number of rotatable bonds is 6. The first-order valence-corrected chi connectivity index (χ1v) is 19.4. The molecule has 0 aliphatic heterocycles. The Morgan fingerprint density at radius 2 is 0.907 bits per heavy atom. The summed E-state index contributed by atoms with van der Waals surface area (Å²) in [6, 6.07) is 12.9. The molecule has 0 unspecified atom stereocenters. The van der Waals surface area contributed by atoms with Crippen molar-refractivity contribution in [3.63, 3.8) is 0 Å². The number of aromatic hydroxyl groups is 2. The maximum Gasteiger partial charge on any atom is 1.00 e. The summed E-state index contributed by atoms with van der Waals surface area (Å²) in [6.07, 6.45) is 9.28. The zero-order chi connectivity index (χ0) is 37.8. The number of azo groups is 2. The third kappa shape index (κ3) is 11.2. The van der Waals surface area contributed by atoms with E-state index >= 15 is 0 Å². The van der Waals surface area contributed by atoms with Crippen LogP contribution in [0.15, 0.2) is 139 Å². The number of phenols is 2. The largest absolute Gasteiger partial charge is 1.00 e. The van der Waals surface area contributed by atoms with Gasteiger partial charge in [-0.1, -0.05) is 36.4 Å². The molecule has 6 rings (SSSR count). The number of allylic oxidation sites excluding steroid dienone is 6. The second-order valence-corrected chi connectivity index (χ2v) is 15.4. The minimum absolute atomic E-state index is 0. The Kier molecular flexibility index (Phi) is 15.6. The van der Waals surface area contributed by atoms with Crippen molar-refractivity contribution in [3.05, 3.63) is 109 Å². The zero-order valence-corrected chi connectivity index (χ0v) is 35.3. The SMILES string of the molecule is O=S(=O)=C1C=CC(N=Nc2c(O)ccc3cc(S(=O)(=O)[O-])ccc23)=CC1.O=S(=O)=C1C=CC(N=Nc2c(O)ccc3cc(S(=O)(=O)[O-])ccc23)=CC1.[Na+].[Na+]. The van der Waals surface area contributed by atoms with Crippen molar-refractivity contribution in [2.75, 3.05) is 0 Å². The molecule has 22 heteroatoms. The third-order valence-corrected chi connectivity index (χ3v) is 10.4. The smallest absolute Gasteiger partial charge is 0.744 e. The molecular formula is C32H22N4Na2O12S4. The number of benzene rings is 4. The second kappa shape index (κ2) is 18.8. The van der Waals surface area contributed by atoms with Gasteiger partial charge in [-0.2, -0.15) is 27.1 Å². The molecule has 0 saturated heterocycles.